The predicted octanol–water partition coefficient (Wildman–Crippen LogP) is 16.6. The lowest BCUT2D eigenvalue weighted by molar-refractivity contribution is 0.0240. The number of rotatable bonds is 11. The molecule has 6 aliphatic rings. The second kappa shape index (κ2) is 47.8. The molecule has 25 nitrogen and oxygen atoms in total. The van der Waals surface area contributed by atoms with Gasteiger partial charge in [-0.3, -0.25) is 24.8 Å². The number of carbonyl (C=O) groups excluding carboxylic acids is 1. The van der Waals surface area contributed by atoms with E-state index in [0.29, 0.717) is 93.1 Å². The average molecular weight is 1820 g/mol. The third kappa shape index (κ3) is 26.9. The number of pyridine rings is 6. The number of halogens is 4. The SMILES string of the molecule is CB(O)N1CCNCC1.CB(O)N1[C@H](C)CNC[C@@H]1C.C[C@@H]1CN(c2ccc(C#N)c3ncccc23)C[C@H](C)N1Cc1ccc(Cl)nc1.C[C@@H]1CN(c2ccc(C#N)c3ncccc23)C[C@H](C)N1Cc1ccc(N2CCN(C(=O)OC(C)(C)C)CC2)nc1.C[C@@H]1C[C@H](C)CN(c2ccc(C#N)c3ccccc23)C1.ClCc1ccc(Cl)nc1.N#Cc1ccc(F)c2cccnc12. The quantitative estimate of drug-likeness (QED) is 0.0531. The maximum atomic E-state index is 13.2. The minimum Gasteiger partial charge on any atom is -0.444 e. The van der Waals surface area contributed by atoms with Crippen molar-refractivity contribution in [3.63, 3.8) is 0 Å². The van der Waals surface area contributed by atoms with Crippen LogP contribution in [0.4, 0.5) is 32.1 Å². The number of aromatic nitrogens is 6. The van der Waals surface area contributed by atoms with Gasteiger partial charge >= 0.3 is 20.2 Å². The molecule has 1 amide bonds. The van der Waals surface area contributed by atoms with E-state index < -0.39 is 5.60 Å². The number of ether oxygens (including phenoxy) is 1. The Balaban J connectivity index is 0.000000158. The molecule has 6 fully saturated rings. The van der Waals surface area contributed by atoms with Crippen LogP contribution >= 0.6 is 34.8 Å². The van der Waals surface area contributed by atoms with E-state index in [1.165, 1.54) is 40.8 Å². The average Bonchev–Trinajstić information content (AvgIpc) is 0.784. The third-order valence-corrected chi connectivity index (χ3v) is 25.0. The molecule has 11 aromatic rings. The van der Waals surface area contributed by atoms with Crippen molar-refractivity contribution < 1.29 is 24.0 Å². The van der Waals surface area contributed by atoms with E-state index in [1.807, 2.05) is 114 Å². The molecule has 0 radical (unpaired) electrons. The molecule has 4 N–H and O–H groups in total. The Labute approximate surface area is 781 Å². The molecule has 0 aliphatic carbocycles. The van der Waals surface area contributed by atoms with Crippen LogP contribution in [0.25, 0.3) is 43.5 Å². The number of amides is 1. The van der Waals surface area contributed by atoms with Crippen molar-refractivity contribution in [2.24, 2.45) is 11.8 Å². The lowest BCUT2D eigenvalue weighted by Crippen LogP contribution is -2.59. The van der Waals surface area contributed by atoms with Crippen molar-refractivity contribution in [2.75, 3.05) is 124 Å². The van der Waals surface area contributed by atoms with Gasteiger partial charge in [-0.05, 0) is 214 Å². The number of carbonyl (C=O) groups is 1. The summed E-state index contributed by atoms with van der Waals surface area (Å²) >= 11 is 16.9. The van der Waals surface area contributed by atoms with Crippen molar-refractivity contribution >= 4 is 121 Å². The van der Waals surface area contributed by atoms with Crippen LogP contribution in [0.2, 0.25) is 24.0 Å². The first-order valence-corrected chi connectivity index (χ1v) is 46.2. The van der Waals surface area contributed by atoms with Crippen LogP contribution in [0.1, 0.15) is 122 Å². The second-order valence-corrected chi connectivity index (χ2v) is 36.6. The molecule has 8 atom stereocenters. The number of hydrogen-bond donors (Lipinski definition) is 4. The summed E-state index contributed by atoms with van der Waals surface area (Å²) < 4.78 is 18.7. The van der Waals surface area contributed by atoms with E-state index in [9.17, 15) is 30.0 Å². The summed E-state index contributed by atoms with van der Waals surface area (Å²) in [5, 5.41) is 67.7. The van der Waals surface area contributed by atoms with Crippen molar-refractivity contribution in [3.8, 4) is 24.3 Å². The van der Waals surface area contributed by atoms with E-state index in [1.54, 1.807) is 47.9 Å². The summed E-state index contributed by atoms with van der Waals surface area (Å²) in [4.78, 5) is 58.6. The highest BCUT2D eigenvalue weighted by Crippen LogP contribution is 2.37. The molecule has 0 saturated carbocycles. The van der Waals surface area contributed by atoms with Crippen molar-refractivity contribution in [1.82, 2.24) is 64.9 Å². The molecule has 680 valence electrons. The van der Waals surface area contributed by atoms with Crippen LogP contribution in [0.15, 0.2) is 183 Å². The zero-order valence-electron chi connectivity index (χ0n) is 77.0. The molecule has 31 heteroatoms. The molecule has 12 heterocycles. The van der Waals surface area contributed by atoms with Gasteiger partial charge in [-0.2, -0.15) is 21.0 Å². The van der Waals surface area contributed by atoms with Crippen LogP contribution in [-0.4, -0.2) is 231 Å². The van der Waals surface area contributed by atoms with Gasteiger partial charge in [0.05, 0.1) is 44.9 Å². The van der Waals surface area contributed by atoms with E-state index in [-0.39, 0.29) is 26.0 Å². The summed E-state index contributed by atoms with van der Waals surface area (Å²) in [6.45, 7) is 43.5. The number of fused-ring (bicyclic) bond motifs is 4. The number of hydrogen-bond acceptors (Lipinski definition) is 24. The van der Waals surface area contributed by atoms with Gasteiger partial charge in [0.15, 0.2) is 0 Å². The van der Waals surface area contributed by atoms with Gasteiger partial charge in [0.1, 0.15) is 45.8 Å². The Kier molecular flexibility index (Phi) is 36.6. The molecule has 0 unspecified atom stereocenters. The van der Waals surface area contributed by atoms with E-state index in [2.05, 4.69) is 203 Å². The number of nitrogens with one attached hydrogen (secondary N) is 2. The van der Waals surface area contributed by atoms with Gasteiger partial charge in [0.2, 0.25) is 0 Å². The molecule has 130 heavy (non-hydrogen) atoms. The van der Waals surface area contributed by atoms with Gasteiger partial charge in [-0.15, -0.1) is 11.6 Å². The number of benzene rings is 5. The first-order valence-electron chi connectivity index (χ1n) is 44.9. The van der Waals surface area contributed by atoms with E-state index in [4.69, 9.17) is 54.8 Å². The van der Waals surface area contributed by atoms with Gasteiger partial charge in [-0.25, -0.2) is 24.1 Å². The Bertz CT molecular complexity index is 5670. The van der Waals surface area contributed by atoms with Gasteiger partial charge in [0.25, 0.3) is 0 Å². The number of anilines is 4. The smallest absolute Gasteiger partial charge is 0.410 e. The van der Waals surface area contributed by atoms with Crippen LogP contribution in [-0.2, 0) is 23.7 Å². The van der Waals surface area contributed by atoms with Crippen LogP contribution in [0, 0.1) is 63.0 Å². The standard InChI is InChI=1S/C31H39N7O2.C22H22ClN5.C18H20N2.C10H5FN2.C7H17BN2O.C6H5Cl2N.C5H13BN2O/c1-22-19-37(27-10-9-25(17-32)29-26(27)7-6-12-33-29)20-23(2)38(22)21-24-8-11-28(34-18-24)35-13-15-36(16-14-35)30(39)40-31(3,4)5;1-15-12-27(13-16(2)28(15)14-17-5-8-21(23)26-11-17)20-7-6-18(10-24)22-19(20)4-3-9-25-22;1-13-9-14(2)12-20(11-13)18-8-7-15(10-19)16-5-3-4-6-17(16)18;11-9-4-3-7(6-12)10-8(9)2-1-5-13-10;1-6-4-9-5-7(2)10(6)8(3)11;7-3-5-1-2-6(8)9-4-5;1-6(9)8-4-2-7-3-5-8/h6-12,18,22-23H,13-16,19-21H2,1-5H3;3-9,11,15-16H,12-14H2,1-2H3;3-8,13-14H,9,11-12H2,1-2H3;1-5H;6-7,9,11H,4-5H2,1-3H3;1-2,4H,3H2;7,9H,2-5H2,1H3/t22-,23+;15-,16+;13-,14+;;6-,7+;;. The number of nitriles is 4. The summed E-state index contributed by atoms with van der Waals surface area (Å²) in [6, 6.07) is 57.0. The number of piperazine rings is 5. The molecule has 6 aromatic heterocycles. The van der Waals surface area contributed by atoms with Crippen molar-refractivity contribution in [1.29, 1.82) is 21.0 Å². The zero-order valence-corrected chi connectivity index (χ0v) is 79.2. The fourth-order valence-corrected chi connectivity index (χ4v) is 18.4. The highest BCUT2D eigenvalue weighted by atomic mass is 35.5. The molecule has 0 spiro atoms. The molecular formula is C99H121B2Cl3FN21O4. The Hall–Kier alpha value is -10.9. The van der Waals surface area contributed by atoms with Crippen molar-refractivity contribution in [2.45, 2.75) is 157 Å². The maximum Gasteiger partial charge on any atom is 0.410 e. The number of alkyl halides is 1. The molecular weight excluding hydrogens is 1690 g/mol. The number of nitrogens with zero attached hydrogens (tertiary/aromatic N) is 19. The van der Waals surface area contributed by atoms with Crippen LogP contribution < -0.4 is 30.2 Å². The predicted molar refractivity (Wildman–Crippen MR) is 525 cm³/mol. The fourth-order valence-electron chi connectivity index (χ4n) is 18.0. The Morgan fingerprint density at radius 1 is 0.469 bits per heavy atom. The summed E-state index contributed by atoms with van der Waals surface area (Å²) in [5.74, 6) is 2.55. The first-order chi connectivity index (χ1) is 62.5. The molecule has 6 saturated heterocycles. The first kappa shape index (κ1) is 99.6. The lowest BCUT2D eigenvalue weighted by Gasteiger charge is -2.45. The second-order valence-electron chi connectivity index (χ2n) is 35.5. The van der Waals surface area contributed by atoms with Gasteiger partial charge in [0, 0.05) is 241 Å². The number of piperidine rings is 1. The highest BCUT2D eigenvalue weighted by molar-refractivity contribution is 6.45. The van der Waals surface area contributed by atoms with Gasteiger partial charge in [-0.1, -0.05) is 79.5 Å². The fraction of sp³-hybridized carbons (Fsp3) is 0.424. The molecule has 5 aromatic carbocycles. The zero-order chi connectivity index (χ0) is 93.3. The normalized spacial score (nSPS) is 20.2. The minimum absolute atomic E-state index is 0.247. The Morgan fingerprint density at radius 3 is 1.30 bits per heavy atom. The summed E-state index contributed by atoms with van der Waals surface area (Å²) in [6.07, 6.45) is 11.6. The van der Waals surface area contributed by atoms with Crippen LogP contribution in [0.3, 0.4) is 0 Å². The topological polar surface area (TPSA) is 292 Å². The maximum absolute atomic E-state index is 13.2. The monoisotopic (exact) mass is 1810 g/mol. The Morgan fingerprint density at radius 2 is 0.885 bits per heavy atom. The molecule has 6 aliphatic heterocycles. The highest BCUT2D eigenvalue weighted by Gasteiger charge is 2.35. The molecule has 17 rings (SSSR count). The summed E-state index contributed by atoms with van der Waals surface area (Å²) in [5.41, 5.74) is 10.8. The summed E-state index contributed by atoms with van der Waals surface area (Å²) in [7, 11) is -0.589. The van der Waals surface area contributed by atoms with Gasteiger partial charge < -0.3 is 59.5 Å². The minimum atomic E-state index is -0.483. The van der Waals surface area contributed by atoms with Crippen molar-refractivity contribution in [3.05, 3.63) is 238 Å². The third-order valence-electron chi connectivity index (χ3n) is 24.2. The van der Waals surface area contributed by atoms with E-state index >= 15 is 0 Å². The molecule has 0 bridgehead atoms. The lowest BCUT2D eigenvalue weighted by atomic mass is 9.80. The van der Waals surface area contributed by atoms with E-state index in [0.717, 1.165) is 172 Å². The largest absolute Gasteiger partial charge is 0.444 e. The van der Waals surface area contributed by atoms with Crippen LogP contribution in [0.5, 0.6) is 0 Å².